The van der Waals surface area contributed by atoms with Gasteiger partial charge in [-0.05, 0) is 73.9 Å². The molecule has 0 fully saturated rings. The Balaban J connectivity index is 0.000000135. The molecule has 0 aliphatic carbocycles. The Morgan fingerprint density at radius 1 is 0.250 bits per heavy atom. The quantitative estimate of drug-likeness (QED) is 0.194. The van der Waals surface area contributed by atoms with Gasteiger partial charge in [-0.3, -0.25) is 0 Å². The summed E-state index contributed by atoms with van der Waals surface area (Å²) in [4.78, 5) is 0. The number of benzene rings is 6. The second kappa shape index (κ2) is 11.2. The lowest BCUT2D eigenvalue weighted by molar-refractivity contribution is 1.40. The van der Waals surface area contributed by atoms with Crippen LogP contribution in [-0.4, -0.2) is 0 Å². The van der Waals surface area contributed by atoms with Crippen molar-refractivity contribution < 1.29 is 0 Å². The maximum absolute atomic E-state index is 2.24. The molecule has 6 aromatic carbocycles. The van der Waals surface area contributed by atoms with Crippen molar-refractivity contribution in [3.05, 3.63) is 143 Å². The van der Waals surface area contributed by atoms with Crippen LogP contribution in [-0.2, 0) is 0 Å². The van der Waals surface area contributed by atoms with Crippen LogP contribution < -0.4 is 0 Å². The number of rotatable bonds is 0. The maximum atomic E-state index is 2.24. The van der Waals surface area contributed by atoms with E-state index in [0.29, 0.717) is 0 Å². The third kappa shape index (κ3) is 6.40. The molecule has 0 unspecified atom stereocenters. The SMILES string of the molecule is Cc1ccc(C)cc1.Cc1ccc2c(ccc3cc(C)ccc32)c1.Cc1ccc2cc(C)ccc2c1. The van der Waals surface area contributed by atoms with Gasteiger partial charge in [-0.15, -0.1) is 0 Å². The maximum Gasteiger partial charge on any atom is -0.0105 e. The Labute approximate surface area is 216 Å². The Hall–Kier alpha value is -3.90. The molecule has 0 spiro atoms. The predicted octanol–water partition coefficient (Wildman–Crippen LogP) is 10.4. The topological polar surface area (TPSA) is 0 Å². The van der Waals surface area contributed by atoms with E-state index in [1.807, 2.05) is 0 Å². The molecule has 0 N–H and O–H groups in total. The van der Waals surface area contributed by atoms with E-state index < -0.39 is 0 Å². The number of hydrogen-bond acceptors (Lipinski definition) is 0. The Kier molecular flexibility index (Phi) is 7.86. The highest BCUT2D eigenvalue weighted by molar-refractivity contribution is 6.07. The van der Waals surface area contributed by atoms with E-state index in [1.54, 1.807) is 0 Å². The van der Waals surface area contributed by atoms with Crippen molar-refractivity contribution in [2.24, 2.45) is 0 Å². The molecule has 0 heteroatoms. The minimum absolute atomic E-state index is 1.32. The van der Waals surface area contributed by atoms with Gasteiger partial charge in [0.2, 0.25) is 0 Å². The summed E-state index contributed by atoms with van der Waals surface area (Å²) in [6, 6.07) is 39.3. The second-order valence-electron chi connectivity index (χ2n) is 10.0. The van der Waals surface area contributed by atoms with Gasteiger partial charge >= 0.3 is 0 Å². The molecule has 0 aliphatic heterocycles. The lowest BCUT2D eigenvalue weighted by Gasteiger charge is -2.05. The molecule has 0 bridgehead atoms. The van der Waals surface area contributed by atoms with E-state index in [1.165, 1.54) is 65.7 Å². The summed E-state index contributed by atoms with van der Waals surface area (Å²) in [5, 5.41) is 8.03. The summed E-state index contributed by atoms with van der Waals surface area (Å²) < 4.78 is 0. The van der Waals surface area contributed by atoms with E-state index in [4.69, 9.17) is 0 Å². The summed E-state index contributed by atoms with van der Waals surface area (Å²) in [6.07, 6.45) is 0. The zero-order valence-electron chi connectivity index (χ0n) is 22.4. The van der Waals surface area contributed by atoms with E-state index in [2.05, 4.69) is 151 Å². The van der Waals surface area contributed by atoms with Crippen molar-refractivity contribution in [3.63, 3.8) is 0 Å². The molecule has 0 radical (unpaired) electrons. The van der Waals surface area contributed by atoms with Gasteiger partial charge in [0, 0.05) is 0 Å². The second-order valence-corrected chi connectivity index (χ2v) is 10.0. The minimum Gasteiger partial charge on any atom is -0.0591 e. The molecule has 36 heavy (non-hydrogen) atoms. The number of fused-ring (bicyclic) bond motifs is 4. The van der Waals surface area contributed by atoms with Crippen molar-refractivity contribution in [2.75, 3.05) is 0 Å². The summed E-state index contributed by atoms with van der Waals surface area (Å²) in [7, 11) is 0. The van der Waals surface area contributed by atoms with Gasteiger partial charge in [0.25, 0.3) is 0 Å². The highest BCUT2D eigenvalue weighted by Gasteiger charge is 2.00. The van der Waals surface area contributed by atoms with Crippen molar-refractivity contribution in [2.45, 2.75) is 41.5 Å². The van der Waals surface area contributed by atoms with E-state index >= 15 is 0 Å². The molecule has 6 rings (SSSR count). The Bertz CT molecular complexity index is 1500. The third-order valence-electron chi connectivity index (χ3n) is 6.52. The lowest BCUT2D eigenvalue weighted by Crippen LogP contribution is -1.80. The van der Waals surface area contributed by atoms with Crippen LogP contribution in [0.15, 0.2) is 109 Å². The molecule has 0 saturated carbocycles. The first-order chi connectivity index (χ1) is 17.3. The largest absolute Gasteiger partial charge is 0.0591 e. The van der Waals surface area contributed by atoms with Crippen LogP contribution in [0.1, 0.15) is 33.4 Å². The van der Waals surface area contributed by atoms with E-state index in [0.717, 1.165) is 0 Å². The van der Waals surface area contributed by atoms with Gasteiger partial charge < -0.3 is 0 Å². The monoisotopic (exact) mass is 468 g/mol. The molecule has 0 amide bonds. The fourth-order valence-corrected chi connectivity index (χ4v) is 4.43. The van der Waals surface area contributed by atoms with Gasteiger partial charge in [0.05, 0.1) is 0 Å². The standard InChI is InChI=1S/C16H14.C12H12.C8H10/c1-11-3-7-15-13(9-11)5-6-14-10-12(2)4-8-16(14)15;1-9-3-5-12-8-10(2)4-6-11(12)7-9;1-7-3-5-8(2)6-4-7/h3-10H,1-2H3;3-8H,1-2H3;3-6H,1-2H3. The molecular formula is C36H36. The van der Waals surface area contributed by atoms with Crippen LogP contribution >= 0.6 is 0 Å². The molecule has 0 aliphatic rings. The van der Waals surface area contributed by atoms with Gasteiger partial charge in [0.1, 0.15) is 0 Å². The zero-order chi connectivity index (χ0) is 25.7. The number of aryl methyl sites for hydroxylation is 6. The molecule has 6 aromatic rings. The van der Waals surface area contributed by atoms with Crippen molar-refractivity contribution in [3.8, 4) is 0 Å². The molecular weight excluding hydrogens is 432 g/mol. The predicted molar refractivity (Wildman–Crippen MR) is 160 cm³/mol. The minimum atomic E-state index is 1.32. The van der Waals surface area contributed by atoms with E-state index in [-0.39, 0.29) is 0 Å². The third-order valence-corrected chi connectivity index (χ3v) is 6.52. The molecule has 0 nitrogen and oxygen atoms in total. The molecule has 0 aromatic heterocycles. The summed E-state index contributed by atoms with van der Waals surface area (Å²) in [5.41, 5.74) is 7.95. The Morgan fingerprint density at radius 3 is 0.861 bits per heavy atom. The first kappa shape index (κ1) is 25.2. The summed E-state index contributed by atoms with van der Waals surface area (Å²) in [5.74, 6) is 0. The summed E-state index contributed by atoms with van der Waals surface area (Å²) >= 11 is 0. The highest BCUT2D eigenvalue weighted by Crippen LogP contribution is 2.26. The zero-order valence-corrected chi connectivity index (χ0v) is 22.4. The van der Waals surface area contributed by atoms with Gasteiger partial charge in [0.15, 0.2) is 0 Å². The smallest absolute Gasteiger partial charge is 0.0105 e. The normalized spacial score (nSPS) is 10.5. The van der Waals surface area contributed by atoms with E-state index in [9.17, 15) is 0 Å². The molecule has 180 valence electrons. The van der Waals surface area contributed by atoms with Crippen LogP contribution in [0.25, 0.3) is 32.3 Å². The first-order valence-corrected chi connectivity index (χ1v) is 12.7. The van der Waals surface area contributed by atoms with Gasteiger partial charge in [-0.1, -0.05) is 143 Å². The first-order valence-electron chi connectivity index (χ1n) is 12.7. The number of hydrogen-bond donors (Lipinski definition) is 0. The van der Waals surface area contributed by atoms with Crippen LogP contribution in [0.2, 0.25) is 0 Å². The fraction of sp³-hybridized carbons (Fsp3) is 0.167. The molecule has 0 atom stereocenters. The lowest BCUT2D eigenvalue weighted by atomic mass is 9.99. The average Bonchev–Trinajstić information content (AvgIpc) is 2.86. The van der Waals surface area contributed by atoms with Crippen LogP contribution in [0, 0.1) is 41.5 Å². The molecule has 0 saturated heterocycles. The van der Waals surface area contributed by atoms with Crippen LogP contribution in [0.3, 0.4) is 0 Å². The van der Waals surface area contributed by atoms with Crippen LogP contribution in [0.4, 0.5) is 0 Å². The Morgan fingerprint density at radius 2 is 0.500 bits per heavy atom. The summed E-state index contributed by atoms with van der Waals surface area (Å²) in [6.45, 7) is 12.7. The van der Waals surface area contributed by atoms with Crippen molar-refractivity contribution >= 4 is 32.3 Å². The van der Waals surface area contributed by atoms with Crippen molar-refractivity contribution in [1.29, 1.82) is 0 Å². The average molecular weight is 469 g/mol. The van der Waals surface area contributed by atoms with Gasteiger partial charge in [-0.2, -0.15) is 0 Å². The van der Waals surface area contributed by atoms with Crippen molar-refractivity contribution in [1.82, 2.24) is 0 Å². The van der Waals surface area contributed by atoms with Crippen LogP contribution in [0.5, 0.6) is 0 Å². The molecule has 0 heterocycles. The van der Waals surface area contributed by atoms with Gasteiger partial charge in [-0.25, -0.2) is 0 Å². The fourth-order valence-electron chi connectivity index (χ4n) is 4.43. The highest BCUT2D eigenvalue weighted by atomic mass is 14.0.